The lowest BCUT2D eigenvalue weighted by Crippen LogP contribution is -2.10. The molecule has 0 aliphatic heterocycles. The van der Waals surface area contributed by atoms with Gasteiger partial charge < -0.3 is 0 Å². The average Bonchev–Trinajstić information content (AvgIpc) is 2.81. The molecule has 0 aliphatic carbocycles. The predicted octanol–water partition coefficient (Wildman–Crippen LogP) is 4.62. The van der Waals surface area contributed by atoms with Crippen LogP contribution in [0.3, 0.4) is 0 Å². The number of carbonyl (C=O) groups is 1. The van der Waals surface area contributed by atoms with Crippen LogP contribution in [0.15, 0.2) is 33.4 Å². The van der Waals surface area contributed by atoms with Crippen molar-refractivity contribution in [2.75, 3.05) is 0 Å². The number of carbonyl (C=O) groups excluding carboxylic acids is 1. The number of Topliss-reactive ketones (excluding diaryl/α,β-unsaturated/α-hetero) is 1. The van der Waals surface area contributed by atoms with Crippen molar-refractivity contribution in [3.63, 3.8) is 0 Å². The highest BCUT2D eigenvalue weighted by molar-refractivity contribution is 9.11. The molecule has 0 radical (unpaired) electrons. The second-order valence-electron chi connectivity index (χ2n) is 4.41. The number of nitrogens with zero attached hydrogens (tertiary/aromatic N) is 1. The maximum Gasteiger partial charge on any atom is 0.185 e. The quantitative estimate of drug-likeness (QED) is 0.769. The van der Waals surface area contributed by atoms with Crippen LogP contribution in [0.25, 0.3) is 0 Å². The molecule has 0 bridgehead atoms. The van der Waals surface area contributed by atoms with Gasteiger partial charge in [0.1, 0.15) is 5.92 Å². The van der Waals surface area contributed by atoms with Crippen molar-refractivity contribution < 1.29 is 4.79 Å². The van der Waals surface area contributed by atoms with Gasteiger partial charge in [-0.3, -0.25) is 4.79 Å². The van der Waals surface area contributed by atoms with Crippen LogP contribution in [0.2, 0.25) is 0 Å². The Hall–Kier alpha value is -1.44. The fourth-order valence-electron chi connectivity index (χ4n) is 1.83. The van der Waals surface area contributed by atoms with Gasteiger partial charge in [0.2, 0.25) is 0 Å². The minimum absolute atomic E-state index is 0.146. The van der Waals surface area contributed by atoms with Crippen LogP contribution < -0.4 is 0 Å². The summed E-state index contributed by atoms with van der Waals surface area (Å²) < 4.78 is 0.896. The third kappa shape index (κ3) is 2.94. The van der Waals surface area contributed by atoms with Crippen LogP contribution in [0.1, 0.15) is 33.0 Å². The number of rotatable bonds is 3. The van der Waals surface area contributed by atoms with Crippen molar-refractivity contribution >= 4 is 33.0 Å². The molecule has 2 nitrogen and oxygen atoms in total. The predicted molar refractivity (Wildman–Crippen MR) is 80.6 cm³/mol. The molecule has 0 spiro atoms. The Morgan fingerprint density at radius 3 is 2.58 bits per heavy atom. The Balaban J connectivity index is 2.37. The third-order valence-corrected chi connectivity index (χ3v) is 4.61. The van der Waals surface area contributed by atoms with E-state index in [0.717, 1.165) is 20.5 Å². The first kappa shape index (κ1) is 14.0. The highest BCUT2D eigenvalue weighted by Crippen LogP contribution is 2.27. The zero-order chi connectivity index (χ0) is 14.0. The molecule has 96 valence electrons. The zero-order valence-electron chi connectivity index (χ0n) is 10.6. The highest BCUT2D eigenvalue weighted by Gasteiger charge is 2.22. The molecule has 0 saturated carbocycles. The molecule has 4 heteroatoms. The first-order chi connectivity index (χ1) is 9.02. The Kier molecular flexibility index (Phi) is 4.18. The van der Waals surface area contributed by atoms with E-state index in [-0.39, 0.29) is 5.78 Å². The molecule has 2 aromatic rings. The van der Waals surface area contributed by atoms with Gasteiger partial charge >= 0.3 is 0 Å². The summed E-state index contributed by atoms with van der Waals surface area (Å²) in [5.74, 6) is -0.881. The molecule has 1 aromatic carbocycles. The van der Waals surface area contributed by atoms with Gasteiger partial charge in [0.25, 0.3) is 0 Å². The molecule has 0 saturated heterocycles. The number of hydrogen-bond donors (Lipinski definition) is 0. The van der Waals surface area contributed by atoms with Crippen molar-refractivity contribution in [1.29, 1.82) is 5.26 Å². The number of nitriles is 1. The minimum Gasteiger partial charge on any atom is -0.292 e. The van der Waals surface area contributed by atoms with Crippen LogP contribution in [0.4, 0.5) is 0 Å². The summed E-state index contributed by atoms with van der Waals surface area (Å²) in [4.78, 5) is 12.3. The first-order valence-corrected chi connectivity index (χ1v) is 7.45. The van der Waals surface area contributed by atoms with E-state index >= 15 is 0 Å². The van der Waals surface area contributed by atoms with E-state index in [1.54, 1.807) is 11.4 Å². The van der Waals surface area contributed by atoms with Crippen LogP contribution >= 0.6 is 27.3 Å². The molecular weight excluding hydrogens is 322 g/mol. The molecule has 1 unspecified atom stereocenters. The smallest absolute Gasteiger partial charge is 0.185 e. The van der Waals surface area contributed by atoms with Crippen molar-refractivity contribution in [3.8, 4) is 6.07 Å². The summed E-state index contributed by atoms with van der Waals surface area (Å²) in [6.45, 7) is 4.00. The van der Waals surface area contributed by atoms with E-state index in [1.807, 2.05) is 32.0 Å². The lowest BCUT2D eigenvalue weighted by Gasteiger charge is -2.09. The van der Waals surface area contributed by atoms with E-state index < -0.39 is 5.92 Å². The maximum atomic E-state index is 12.3. The van der Waals surface area contributed by atoms with Gasteiger partial charge in [-0.25, -0.2) is 0 Å². The molecule has 0 amide bonds. The average molecular weight is 334 g/mol. The SMILES string of the molecule is Cc1ccc(C(C#N)C(=O)c2csc(Br)c2)cc1C. The summed E-state index contributed by atoms with van der Waals surface area (Å²) >= 11 is 4.78. The van der Waals surface area contributed by atoms with Crippen LogP contribution in [0.5, 0.6) is 0 Å². The van der Waals surface area contributed by atoms with Gasteiger partial charge in [-0.05, 0) is 52.5 Å². The van der Waals surface area contributed by atoms with Gasteiger partial charge in [-0.15, -0.1) is 11.3 Å². The minimum atomic E-state index is -0.735. The molecule has 19 heavy (non-hydrogen) atoms. The van der Waals surface area contributed by atoms with Gasteiger partial charge in [-0.2, -0.15) is 5.26 Å². The zero-order valence-corrected chi connectivity index (χ0v) is 13.0. The Bertz CT molecular complexity index is 669. The topological polar surface area (TPSA) is 40.9 Å². The molecule has 1 atom stereocenters. The maximum absolute atomic E-state index is 12.3. The number of halogens is 1. The number of aryl methyl sites for hydroxylation is 2. The fraction of sp³-hybridized carbons (Fsp3) is 0.200. The van der Waals surface area contributed by atoms with Gasteiger partial charge in [0.15, 0.2) is 5.78 Å². The van der Waals surface area contributed by atoms with E-state index in [0.29, 0.717) is 5.56 Å². The van der Waals surface area contributed by atoms with E-state index in [4.69, 9.17) is 0 Å². The lowest BCUT2D eigenvalue weighted by molar-refractivity contribution is 0.0979. The molecular formula is C15H12BrNOS. The highest BCUT2D eigenvalue weighted by atomic mass is 79.9. The van der Waals surface area contributed by atoms with Crippen LogP contribution in [-0.4, -0.2) is 5.78 Å². The number of benzene rings is 1. The fourth-order valence-corrected chi connectivity index (χ4v) is 2.98. The third-order valence-electron chi connectivity index (χ3n) is 3.11. The van der Waals surface area contributed by atoms with Crippen molar-refractivity contribution in [2.24, 2.45) is 0 Å². The summed E-state index contributed by atoms with van der Waals surface area (Å²) in [7, 11) is 0. The second-order valence-corrected chi connectivity index (χ2v) is 6.70. The number of ketones is 1. The molecule has 0 N–H and O–H groups in total. The van der Waals surface area contributed by atoms with E-state index in [2.05, 4.69) is 22.0 Å². The summed E-state index contributed by atoms with van der Waals surface area (Å²) in [5, 5.41) is 11.1. The van der Waals surface area contributed by atoms with Gasteiger partial charge in [-0.1, -0.05) is 18.2 Å². The number of hydrogen-bond acceptors (Lipinski definition) is 3. The van der Waals surface area contributed by atoms with Gasteiger partial charge in [0.05, 0.1) is 9.86 Å². The Morgan fingerprint density at radius 1 is 1.32 bits per heavy atom. The number of thiophene rings is 1. The van der Waals surface area contributed by atoms with Crippen molar-refractivity contribution in [2.45, 2.75) is 19.8 Å². The Morgan fingerprint density at radius 2 is 2.05 bits per heavy atom. The largest absolute Gasteiger partial charge is 0.292 e. The molecule has 2 rings (SSSR count). The van der Waals surface area contributed by atoms with Crippen LogP contribution in [0, 0.1) is 25.2 Å². The second kappa shape index (κ2) is 5.68. The van der Waals surface area contributed by atoms with Crippen molar-refractivity contribution in [3.05, 3.63) is 55.7 Å². The summed E-state index contributed by atoms with van der Waals surface area (Å²) in [5.41, 5.74) is 3.60. The molecule has 1 heterocycles. The standard InChI is InChI=1S/C15H12BrNOS/c1-9-3-4-11(5-10(9)2)13(7-17)15(18)12-6-14(16)19-8-12/h3-6,8,13H,1-2H3. The molecule has 0 aliphatic rings. The Labute approximate surface area is 124 Å². The molecule has 0 fully saturated rings. The molecule has 1 aromatic heterocycles. The lowest BCUT2D eigenvalue weighted by atomic mass is 9.91. The normalized spacial score (nSPS) is 11.9. The van der Waals surface area contributed by atoms with Crippen LogP contribution in [-0.2, 0) is 0 Å². The summed E-state index contributed by atoms with van der Waals surface area (Å²) in [6.07, 6.45) is 0. The van der Waals surface area contributed by atoms with Gasteiger partial charge in [0, 0.05) is 10.9 Å². The monoisotopic (exact) mass is 333 g/mol. The first-order valence-electron chi connectivity index (χ1n) is 5.78. The summed E-state index contributed by atoms with van der Waals surface area (Å²) in [6, 6.07) is 9.60. The van der Waals surface area contributed by atoms with E-state index in [1.165, 1.54) is 11.3 Å². The van der Waals surface area contributed by atoms with Crippen molar-refractivity contribution in [1.82, 2.24) is 0 Å². The van der Waals surface area contributed by atoms with E-state index in [9.17, 15) is 10.1 Å².